The van der Waals surface area contributed by atoms with Crippen LogP contribution in [0.3, 0.4) is 0 Å². The first-order valence-electron chi connectivity index (χ1n) is 6.84. The molecule has 0 spiro atoms. The van der Waals surface area contributed by atoms with Crippen LogP contribution in [0.2, 0.25) is 0 Å². The van der Waals surface area contributed by atoms with Crippen molar-refractivity contribution in [1.82, 2.24) is 5.32 Å². The molecule has 1 amide bonds. The maximum atomic E-state index is 13.3. The topological polar surface area (TPSA) is 58.6 Å². The first-order valence-corrected chi connectivity index (χ1v) is 6.84. The molecule has 1 fully saturated rings. The fourth-order valence-corrected chi connectivity index (χ4v) is 2.24. The summed E-state index contributed by atoms with van der Waals surface area (Å²) >= 11 is 0. The second-order valence-corrected chi connectivity index (χ2v) is 5.28. The number of carbonyl (C=O) groups is 1. The summed E-state index contributed by atoms with van der Waals surface area (Å²) in [4.78, 5) is 12.4. The Morgan fingerprint density at radius 1 is 1.48 bits per heavy atom. The lowest BCUT2D eigenvalue weighted by Crippen LogP contribution is -2.49. The van der Waals surface area contributed by atoms with Crippen LogP contribution in [0.4, 0.5) is 4.39 Å². The lowest BCUT2D eigenvalue weighted by atomic mass is 9.92. The maximum absolute atomic E-state index is 13.3. The Kier molecular flexibility index (Phi) is 4.94. The number of nitrogens with one attached hydrogen (secondary N) is 1. The van der Waals surface area contributed by atoms with Gasteiger partial charge < -0.3 is 15.2 Å². The molecule has 2 rings (SSSR count). The standard InChI is InChI=1S/C16H18FNO3/c1-16(6-9-21-10-7-16)18-15(20)14-5-4-13(17)11-12(14)3-2-8-19/h4-5,11,19H,6-10H2,1H3,(H,18,20). The van der Waals surface area contributed by atoms with Crippen LogP contribution in [-0.2, 0) is 4.74 Å². The smallest absolute Gasteiger partial charge is 0.252 e. The van der Waals surface area contributed by atoms with Crippen LogP contribution in [0.1, 0.15) is 35.7 Å². The van der Waals surface area contributed by atoms with Gasteiger partial charge in [0.05, 0.1) is 5.56 Å². The van der Waals surface area contributed by atoms with Crippen LogP contribution >= 0.6 is 0 Å². The van der Waals surface area contributed by atoms with Crippen LogP contribution in [0.15, 0.2) is 18.2 Å². The highest BCUT2D eigenvalue weighted by molar-refractivity contribution is 5.97. The Morgan fingerprint density at radius 2 is 2.19 bits per heavy atom. The summed E-state index contributed by atoms with van der Waals surface area (Å²) in [5, 5.41) is 11.7. The van der Waals surface area contributed by atoms with Crippen molar-refractivity contribution >= 4 is 5.91 Å². The summed E-state index contributed by atoms with van der Waals surface area (Å²) in [6.07, 6.45) is 1.47. The number of aliphatic hydroxyl groups is 1. The van der Waals surface area contributed by atoms with Gasteiger partial charge in [-0.25, -0.2) is 4.39 Å². The van der Waals surface area contributed by atoms with E-state index in [2.05, 4.69) is 17.2 Å². The molecular formula is C16H18FNO3. The van der Waals surface area contributed by atoms with E-state index in [9.17, 15) is 9.18 Å². The largest absolute Gasteiger partial charge is 0.384 e. The molecule has 4 nitrogen and oxygen atoms in total. The fraction of sp³-hybridized carbons (Fsp3) is 0.438. The van der Waals surface area contributed by atoms with Gasteiger partial charge >= 0.3 is 0 Å². The van der Waals surface area contributed by atoms with E-state index in [-0.39, 0.29) is 23.6 Å². The molecule has 2 N–H and O–H groups in total. The molecule has 1 saturated heterocycles. The van der Waals surface area contributed by atoms with Crippen molar-refractivity contribution in [3.63, 3.8) is 0 Å². The van der Waals surface area contributed by atoms with E-state index in [0.29, 0.717) is 18.8 Å². The van der Waals surface area contributed by atoms with Crippen molar-refractivity contribution in [2.24, 2.45) is 0 Å². The van der Waals surface area contributed by atoms with E-state index >= 15 is 0 Å². The summed E-state index contributed by atoms with van der Waals surface area (Å²) in [6, 6.07) is 3.84. The molecule has 1 aliphatic rings. The quantitative estimate of drug-likeness (QED) is 0.811. The van der Waals surface area contributed by atoms with E-state index in [1.807, 2.05) is 6.92 Å². The normalized spacial score (nSPS) is 16.7. The third-order valence-electron chi connectivity index (χ3n) is 3.54. The molecule has 21 heavy (non-hydrogen) atoms. The Bertz CT molecular complexity index is 583. The number of benzene rings is 1. The molecule has 1 aromatic carbocycles. The Balaban J connectivity index is 2.22. The van der Waals surface area contributed by atoms with Gasteiger partial charge in [0.15, 0.2) is 0 Å². The molecule has 0 aromatic heterocycles. The second-order valence-electron chi connectivity index (χ2n) is 5.28. The van der Waals surface area contributed by atoms with Crippen molar-refractivity contribution in [1.29, 1.82) is 0 Å². The van der Waals surface area contributed by atoms with Gasteiger partial charge in [0.2, 0.25) is 0 Å². The summed E-state index contributed by atoms with van der Waals surface area (Å²) in [7, 11) is 0. The van der Waals surface area contributed by atoms with Gasteiger partial charge in [-0.1, -0.05) is 11.8 Å². The molecule has 0 saturated carbocycles. The molecule has 0 atom stereocenters. The Morgan fingerprint density at radius 3 is 2.86 bits per heavy atom. The third kappa shape index (κ3) is 4.03. The number of aliphatic hydroxyl groups excluding tert-OH is 1. The SMILES string of the molecule is CC1(NC(=O)c2ccc(F)cc2C#CCO)CCOCC1. The molecule has 1 heterocycles. The fourth-order valence-electron chi connectivity index (χ4n) is 2.24. The highest BCUT2D eigenvalue weighted by Gasteiger charge is 2.29. The number of carbonyl (C=O) groups excluding carboxylic acids is 1. The zero-order valence-electron chi connectivity index (χ0n) is 11.9. The van der Waals surface area contributed by atoms with Crippen molar-refractivity contribution < 1.29 is 19.0 Å². The maximum Gasteiger partial charge on any atom is 0.252 e. The molecule has 5 heteroatoms. The van der Waals surface area contributed by atoms with Crippen LogP contribution in [-0.4, -0.2) is 36.4 Å². The molecule has 1 aliphatic heterocycles. The van der Waals surface area contributed by atoms with Gasteiger partial charge in [-0.05, 0) is 38.0 Å². The molecule has 0 bridgehead atoms. The van der Waals surface area contributed by atoms with Crippen LogP contribution in [0.25, 0.3) is 0 Å². The minimum atomic E-state index is -0.467. The van der Waals surface area contributed by atoms with E-state index in [4.69, 9.17) is 9.84 Å². The first kappa shape index (κ1) is 15.5. The van der Waals surface area contributed by atoms with Crippen LogP contribution in [0.5, 0.6) is 0 Å². The second kappa shape index (κ2) is 6.70. The number of amides is 1. The zero-order chi connectivity index (χ0) is 15.3. The van der Waals surface area contributed by atoms with Gasteiger partial charge in [-0.3, -0.25) is 4.79 Å². The predicted molar refractivity (Wildman–Crippen MR) is 76.3 cm³/mol. The number of halogens is 1. The number of ether oxygens (including phenoxy) is 1. The molecule has 0 unspecified atom stereocenters. The van der Waals surface area contributed by atoms with Gasteiger partial charge in [0.25, 0.3) is 5.91 Å². The highest BCUT2D eigenvalue weighted by Crippen LogP contribution is 2.21. The molecule has 0 aliphatic carbocycles. The van der Waals surface area contributed by atoms with Crippen molar-refractivity contribution in [3.05, 3.63) is 35.1 Å². The van der Waals surface area contributed by atoms with Crippen molar-refractivity contribution in [3.8, 4) is 11.8 Å². The van der Waals surface area contributed by atoms with Crippen molar-refractivity contribution in [2.45, 2.75) is 25.3 Å². The monoisotopic (exact) mass is 291 g/mol. The van der Waals surface area contributed by atoms with E-state index in [1.54, 1.807) is 0 Å². The van der Waals surface area contributed by atoms with Crippen molar-refractivity contribution in [2.75, 3.05) is 19.8 Å². The number of hydrogen-bond donors (Lipinski definition) is 2. The van der Waals surface area contributed by atoms with E-state index < -0.39 is 5.82 Å². The lowest BCUT2D eigenvalue weighted by Gasteiger charge is -2.34. The zero-order valence-corrected chi connectivity index (χ0v) is 11.9. The average molecular weight is 291 g/mol. The van der Waals surface area contributed by atoms with E-state index in [1.165, 1.54) is 18.2 Å². The Hall–Kier alpha value is -1.90. The molecular weight excluding hydrogens is 273 g/mol. The summed E-state index contributed by atoms with van der Waals surface area (Å²) in [5.74, 6) is 4.29. The third-order valence-corrected chi connectivity index (χ3v) is 3.54. The average Bonchev–Trinajstić information content (AvgIpc) is 2.45. The minimum absolute atomic E-state index is 0.275. The Labute approximate surface area is 123 Å². The van der Waals surface area contributed by atoms with Gasteiger partial charge in [0, 0.05) is 24.3 Å². The number of rotatable bonds is 2. The highest BCUT2D eigenvalue weighted by atomic mass is 19.1. The summed E-state index contributed by atoms with van der Waals surface area (Å²) in [6.45, 7) is 2.84. The summed E-state index contributed by atoms with van der Waals surface area (Å²) in [5.41, 5.74) is 0.257. The van der Waals surface area contributed by atoms with Crippen LogP contribution in [0, 0.1) is 17.7 Å². The lowest BCUT2D eigenvalue weighted by molar-refractivity contribution is 0.0423. The predicted octanol–water partition coefficient (Wildman–Crippen LogP) is 1.47. The van der Waals surface area contributed by atoms with Crippen LogP contribution < -0.4 is 5.32 Å². The molecule has 112 valence electrons. The minimum Gasteiger partial charge on any atom is -0.384 e. The van der Waals surface area contributed by atoms with E-state index in [0.717, 1.165) is 12.8 Å². The molecule has 0 radical (unpaired) electrons. The summed E-state index contributed by atoms with van der Waals surface area (Å²) < 4.78 is 18.6. The van der Waals surface area contributed by atoms with Gasteiger partial charge in [-0.2, -0.15) is 0 Å². The van der Waals surface area contributed by atoms with Gasteiger partial charge in [-0.15, -0.1) is 0 Å². The molecule has 1 aromatic rings. The van der Waals surface area contributed by atoms with Gasteiger partial charge in [0.1, 0.15) is 12.4 Å². The number of hydrogen-bond acceptors (Lipinski definition) is 3. The first-order chi connectivity index (χ1) is 10.0.